The highest BCUT2D eigenvalue weighted by atomic mass is 32.1. The molecular formula is C23H23N4OS. The lowest BCUT2D eigenvalue weighted by molar-refractivity contribution is -0.0770. The zero-order chi connectivity index (χ0) is 19.6. The molecular weight excluding hydrogens is 380 g/mol. The average molecular weight is 404 g/mol. The molecule has 1 saturated heterocycles. The maximum Gasteiger partial charge on any atom is 0.149 e. The van der Waals surface area contributed by atoms with E-state index < -0.39 is 0 Å². The molecule has 5 nitrogen and oxygen atoms in total. The van der Waals surface area contributed by atoms with Crippen LogP contribution in [0.1, 0.15) is 10.6 Å². The first-order valence-corrected chi connectivity index (χ1v) is 10.6. The number of rotatable bonds is 5. The van der Waals surface area contributed by atoms with E-state index in [9.17, 15) is 0 Å². The van der Waals surface area contributed by atoms with Gasteiger partial charge in [-0.2, -0.15) is 0 Å². The first-order chi connectivity index (χ1) is 14.2. The van der Waals surface area contributed by atoms with Gasteiger partial charge in [0.15, 0.2) is 0 Å². The summed E-state index contributed by atoms with van der Waals surface area (Å²) >= 11 is 1.71. The lowest BCUT2D eigenvalue weighted by Crippen LogP contribution is -2.44. The molecule has 0 saturated carbocycles. The number of hydrogen-bond acceptors (Lipinski definition) is 5. The number of aromatic nitrogens is 2. The molecule has 1 fully saturated rings. The predicted octanol–water partition coefficient (Wildman–Crippen LogP) is 4.67. The van der Waals surface area contributed by atoms with E-state index in [0.29, 0.717) is 0 Å². The molecule has 0 amide bonds. The van der Waals surface area contributed by atoms with Gasteiger partial charge in [0.2, 0.25) is 0 Å². The molecule has 2 aromatic heterocycles. The maximum atomic E-state index is 6.07. The zero-order valence-electron chi connectivity index (χ0n) is 16.4. The van der Waals surface area contributed by atoms with Gasteiger partial charge >= 0.3 is 0 Å². The maximum absolute atomic E-state index is 6.07. The fraction of sp³-hybridized carbons (Fsp3) is 0.217. The fourth-order valence-electron chi connectivity index (χ4n) is 3.61. The largest absolute Gasteiger partial charge is 0.406 e. The van der Waals surface area contributed by atoms with Crippen molar-refractivity contribution in [2.75, 3.05) is 19.6 Å². The summed E-state index contributed by atoms with van der Waals surface area (Å²) in [6.45, 7) is 7.74. The van der Waals surface area contributed by atoms with E-state index in [1.54, 1.807) is 11.3 Å². The van der Waals surface area contributed by atoms with Crippen LogP contribution in [0.5, 0.6) is 5.75 Å². The van der Waals surface area contributed by atoms with Crippen molar-refractivity contribution in [1.82, 2.24) is 19.5 Å². The van der Waals surface area contributed by atoms with Gasteiger partial charge < -0.3 is 9.40 Å². The first kappa shape index (κ1) is 18.4. The molecule has 5 rings (SSSR count). The van der Waals surface area contributed by atoms with Gasteiger partial charge in [-0.3, -0.25) is 4.90 Å². The minimum absolute atomic E-state index is 0.771. The van der Waals surface area contributed by atoms with Gasteiger partial charge in [-0.15, -0.1) is 16.4 Å². The molecule has 4 aromatic rings. The number of hydrogen-bond donors (Lipinski definition) is 0. The Morgan fingerprint density at radius 2 is 1.97 bits per heavy atom. The first-order valence-electron chi connectivity index (χ1n) is 9.83. The Balaban J connectivity index is 1.16. The highest BCUT2D eigenvalue weighted by Gasteiger charge is 2.19. The summed E-state index contributed by atoms with van der Waals surface area (Å²) in [5.74, 6) is 0.851. The van der Waals surface area contributed by atoms with E-state index in [1.165, 1.54) is 16.0 Å². The highest BCUT2D eigenvalue weighted by molar-refractivity contribution is 7.18. The number of para-hydroxylation sites is 1. The Morgan fingerprint density at radius 1 is 1.07 bits per heavy atom. The third-order valence-corrected chi connectivity index (χ3v) is 6.03. The molecule has 1 radical (unpaired) electrons. The lowest BCUT2D eigenvalue weighted by Gasteiger charge is -2.33. The molecule has 147 valence electrons. The van der Waals surface area contributed by atoms with Gasteiger partial charge in [0, 0.05) is 50.3 Å². The molecule has 0 atom stereocenters. The van der Waals surface area contributed by atoms with Crippen LogP contribution in [0.15, 0.2) is 67.0 Å². The number of piperazine rings is 1. The van der Waals surface area contributed by atoms with Crippen LogP contribution in [-0.4, -0.2) is 39.1 Å². The van der Waals surface area contributed by atoms with Crippen molar-refractivity contribution in [3.8, 4) is 11.4 Å². The summed E-state index contributed by atoms with van der Waals surface area (Å²) < 4.78 is 3.37. The Hall–Kier alpha value is -2.67. The van der Waals surface area contributed by atoms with Crippen molar-refractivity contribution in [2.45, 2.75) is 13.5 Å². The number of nitrogens with zero attached hydrogens (tertiary/aromatic N) is 4. The third-order valence-electron chi connectivity index (χ3n) is 5.07. The highest BCUT2D eigenvalue weighted by Crippen LogP contribution is 2.26. The molecule has 3 heterocycles. The second-order valence-electron chi connectivity index (χ2n) is 7.26. The minimum Gasteiger partial charge on any atom is -0.406 e. The standard InChI is InChI=1S/C23H23N4OS/c1-18-24-22-15-21(7-8-23(22)29-18)28-27-13-11-25(12-14-27)16-19-9-10-26(17-19)20-5-3-2-4-6-20/h2-11,15,17H,12-14,16H2,1H3. The summed E-state index contributed by atoms with van der Waals surface area (Å²) in [7, 11) is 0. The zero-order valence-corrected chi connectivity index (χ0v) is 17.2. The molecule has 0 aliphatic carbocycles. The van der Waals surface area contributed by atoms with Crippen molar-refractivity contribution in [3.63, 3.8) is 0 Å². The van der Waals surface area contributed by atoms with Gasteiger partial charge in [-0.05, 0) is 42.8 Å². The summed E-state index contributed by atoms with van der Waals surface area (Å²) in [4.78, 5) is 13.0. The summed E-state index contributed by atoms with van der Waals surface area (Å²) in [5, 5.41) is 3.09. The molecule has 29 heavy (non-hydrogen) atoms. The third kappa shape index (κ3) is 4.19. The average Bonchev–Trinajstić information content (AvgIpc) is 3.35. The van der Waals surface area contributed by atoms with Gasteiger partial charge in [0.05, 0.1) is 21.8 Å². The normalized spacial score (nSPS) is 15.8. The van der Waals surface area contributed by atoms with E-state index >= 15 is 0 Å². The number of aryl methyl sites for hydroxylation is 1. The topological polar surface area (TPSA) is 33.5 Å². The molecule has 6 heteroatoms. The minimum atomic E-state index is 0.771. The van der Waals surface area contributed by atoms with Crippen molar-refractivity contribution in [1.29, 1.82) is 0 Å². The Kier molecular flexibility index (Phi) is 5.06. The Morgan fingerprint density at radius 3 is 2.79 bits per heavy atom. The molecule has 0 unspecified atom stereocenters. The number of hydroxylamine groups is 2. The quantitative estimate of drug-likeness (QED) is 0.485. The SMILES string of the molecule is Cc1nc2cc(ON3C[CH]N(Cc4ccn(-c5ccccc5)c4)CC3)ccc2s1. The van der Waals surface area contributed by atoms with Crippen LogP contribution < -0.4 is 4.84 Å². The summed E-state index contributed by atoms with van der Waals surface area (Å²) in [6.07, 6.45) is 4.33. The number of thiazole rings is 1. The smallest absolute Gasteiger partial charge is 0.149 e. The number of benzene rings is 2. The second-order valence-corrected chi connectivity index (χ2v) is 8.49. The van der Waals surface area contributed by atoms with Crippen LogP contribution in [0.2, 0.25) is 0 Å². The summed E-state index contributed by atoms with van der Waals surface area (Å²) in [5.41, 5.74) is 3.51. The second kappa shape index (κ2) is 7.99. The number of fused-ring (bicyclic) bond motifs is 1. The van der Waals surface area contributed by atoms with Gasteiger partial charge in [-0.25, -0.2) is 4.98 Å². The van der Waals surface area contributed by atoms with Crippen LogP contribution in [0.4, 0.5) is 0 Å². The van der Waals surface area contributed by atoms with Crippen LogP contribution in [0.3, 0.4) is 0 Å². The van der Waals surface area contributed by atoms with Crippen LogP contribution in [-0.2, 0) is 6.54 Å². The van der Waals surface area contributed by atoms with Gasteiger partial charge in [0.25, 0.3) is 0 Å². The fourth-order valence-corrected chi connectivity index (χ4v) is 4.42. The van der Waals surface area contributed by atoms with Crippen molar-refractivity contribution < 1.29 is 4.84 Å². The Labute approximate surface area is 174 Å². The van der Waals surface area contributed by atoms with E-state index in [2.05, 4.69) is 69.8 Å². The van der Waals surface area contributed by atoms with Gasteiger partial charge in [0.1, 0.15) is 5.75 Å². The van der Waals surface area contributed by atoms with Gasteiger partial charge in [-0.1, -0.05) is 18.2 Å². The Bertz CT molecular complexity index is 1100. The molecule has 0 spiro atoms. The molecule has 1 aliphatic rings. The van der Waals surface area contributed by atoms with E-state index in [-0.39, 0.29) is 0 Å². The molecule has 0 N–H and O–H groups in total. The van der Waals surface area contributed by atoms with Crippen molar-refractivity contribution in [2.24, 2.45) is 0 Å². The van der Waals surface area contributed by atoms with E-state index in [0.717, 1.165) is 42.5 Å². The molecule has 2 aromatic carbocycles. The van der Waals surface area contributed by atoms with Crippen molar-refractivity contribution >= 4 is 21.6 Å². The van der Waals surface area contributed by atoms with Crippen LogP contribution >= 0.6 is 11.3 Å². The van der Waals surface area contributed by atoms with E-state index in [1.807, 2.05) is 30.2 Å². The van der Waals surface area contributed by atoms with E-state index in [4.69, 9.17) is 4.84 Å². The molecule has 1 aliphatic heterocycles. The summed E-state index contributed by atoms with van der Waals surface area (Å²) in [6, 6.07) is 18.7. The molecule has 0 bridgehead atoms. The lowest BCUT2D eigenvalue weighted by atomic mass is 10.2. The van der Waals surface area contributed by atoms with Crippen molar-refractivity contribution in [3.05, 3.63) is 84.1 Å². The monoisotopic (exact) mass is 403 g/mol. The predicted molar refractivity (Wildman–Crippen MR) is 117 cm³/mol. The van der Waals surface area contributed by atoms with Crippen LogP contribution in [0.25, 0.3) is 15.9 Å². The van der Waals surface area contributed by atoms with Crippen LogP contribution in [0, 0.1) is 13.5 Å².